The van der Waals surface area contributed by atoms with Crippen LogP contribution in [-0.2, 0) is 38.5 Å². The van der Waals surface area contributed by atoms with Gasteiger partial charge >= 0.3 is 12.2 Å². The van der Waals surface area contributed by atoms with E-state index in [-0.39, 0.29) is 40.6 Å². The van der Waals surface area contributed by atoms with Crippen LogP contribution >= 0.6 is 0 Å². The van der Waals surface area contributed by atoms with Crippen LogP contribution in [-0.4, -0.2) is 112 Å². The molecule has 6 amide bonds. The topological polar surface area (TPSA) is 213 Å². The van der Waals surface area contributed by atoms with Crippen LogP contribution in [0.5, 0.6) is 0 Å². The average Bonchev–Trinajstić information content (AvgIpc) is 4.07. The van der Waals surface area contributed by atoms with Crippen molar-refractivity contribution in [1.29, 1.82) is 0 Å². The minimum atomic E-state index is -3.44. The van der Waals surface area contributed by atoms with E-state index < -0.39 is 57.0 Å². The van der Waals surface area contributed by atoms with Gasteiger partial charge in [-0.2, -0.15) is 0 Å². The Kier molecular flexibility index (Phi) is 15.3. The van der Waals surface area contributed by atoms with E-state index in [1.807, 2.05) is 102 Å². The third kappa shape index (κ3) is 11.7. The molecule has 0 saturated carbocycles. The van der Waals surface area contributed by atoms with Gasteiger partial charge in [0.1, 0.15) is 24.2 Å². The minimum absolute atomic E-state index is 0.130. The molecular formula is C49H65N7O10S. The molecule has 18 heteroatoms. The number of sulfone groups is 1. The fraction of sp³-hybridized carbons (Fsp3) is 0.510. The normalized spacial score (nSPS) is 20.7. The summed E-state index contributed by atoms with van der Waals surface area (Å²) in [5.41, 5.74) is 2.60. The van der Waals surface area contributed by atoms with Gasteiger partial charge in [-0.25, -0.2) is 18.0 Å². The summed E-state index contributed by atoms with van der Waals surface area (Å²) in [5, 5.41) is 11.3. The van der Waals surface area contributed by atoms with Crippen LogP contribution in [0.3, 0.4) is 0 Å². The highest BCUT2D eigenvalue weighted by Crippen LogP contribution is 2.47. The lowest BCUT2D eigenvalue weighted by Gasteiger charge is -2.35. The fourth-order valence-corrected chi connectivity index (χ4v) is 9.94. The number of carbonyl (C=O) groups is 6. The Balaban J connectivity index is 1.18. The van der Waals surface area contributed by atoms with E-state index in [2.05, 4.69) is 26.2 Å². The first kappa shape index (κ1) is 50.2. The van der Waals surface area contributed by atoms with Gasteiger partial charge in [0, 0.05) is 36.4 Å². The first-order chi connectivity index (χ1) is 31.5. The summed E-state index contributed by atoms with van der Waals surface area (Å²) in [6, 6.07) is 18.5. The molecule has 6 rings (SSSR count). The molecule has 0 spiro atoms. The summed E-state index contributed by atoms with van der Waals surface area (Å²) in [7, 11) is -0.974. The van der Waals surface area contributed by atoms with Gasteiger partial charge in [-0.3, -0.25) is 19.2 Å². The largest absolute Gasteiger partial charge is 0.453 e. The van der Waals surface area contributed by atoms with Crippen molar-refractivity contribution in [2.24, 2.45) is 10.8 Å². The minimum Gasteiger partial charge on any atom is -0.453 e. The molecule has 362 valence electrons. The first-order valence-corrected chi connectivity index (χ1v) is 24.6. The summed E-state index contributed by atoms with van der Waals surface area (Å²) in [4.78, 5) is 84.8. The van der Waals surface area contributed by atoms with Gasteiger partial charge in [0.05, 0.1) is 31.2 Å². The first-order valence-electron chi connectivity index (χ1n) is 22.7. The van der Waals surface area contributed by atoms with E-state index in [4.69, 9.17) is 9.47 Å². The molecule has 3 saturated heterocycles. The molecule has 4 N–H and O–H groups in total. The van der Waals surface area contributed by atoms with Gasteiger partial charge in [0.2, 0.25) is 23.6 Å². The summed E-state index contributed by atoms with van der Waals surface area (Å²) in [6.07, 6.45) is 3.45. The van der Waals surface area contributed by atoms with Gasteiger partial charge in [-0.15, -0.1) is 0 Å². The Hall–Kier alpha value is -6.17. The van der Waals surface area contributed by atoms with Crippen molar-refractivity contribution in [2.75, 3.05) is 49.1 Å². The molecule has 3 heterocycles. The Morgan fingerprint density at radius 3 is 1.28 bits per heavy atom. The number of carbonyl (C=O) groups excluding carboxylic acids is 6. The highest BCUT2D eigenvalue weighted by molar-refractivity contribution is 7.90. The monoisotopic (exact) mass is 943 g/mol. The Labute approximate surface area is 393 Å². The molecule has 3 aromatic carbocycles. The second-order valence-electron chi connectivity index (χ2n) is 19.8. The summed E-state index contributed by atoms with van der Waals surface area (Å²) in [5.74, 6) is -1.35. The molecule has 3 fully saturated rings. The molecular weight excluding hydrogens is 879 g/mol. The van der Waals surface area contributed by atoms with Crippen molar-refractivity contribution < 1.29 is 46.7 Å². The number of hydrogen-bond acceptors (Lipinski definition) is 11. The van der Waals surface area contributed by atoms with Crippen LogP contribution in [0.25, 0.3) is 0 Å². The third-order valence-corrected chi connectivity index (χ3v) is 14.0. The zero-order chi connectivity index (χ0) is 49.0. The van der Waals surface area contributed by atoms with Crippen LogP contribution < -0.4 is 26.2 Å². The number of alkyl carbamates (subject to hydrolysis) is 2. The maximum Gasteiger partial charge on any atom is 0.407 e. The van der Waals surface area contributed by atoms with E-state index in [0.29, 0.717) is 50.1 Å². The van der Waals surface area contributed by atoms with E-state index in [1.165, 1.54) is 30.3 Å². The highest BCUT2D eigenvalue weighted by atomic mass is 32.2. The predicted molar refractivity (Wildman–Crippen MR) is 254 cm³/mol. The van der Waals surface area contributed by atoms with E-state index in [1.54, 1.807) is 12.1 Å². The molecule has 3 aliphatic heterocycles. The van der Waals surface area contributed by atoms with Gasteiger partial charge in [-0.05, 0) is 109 Å². The van der Waals surface area contributed by atoms with E-state index in [9.17, 15) is 37.2 Å². The average molecular weight is 944 g/mol. The quantitative estimate of drug-likeness (QED) is 0.152. The van der Waals surface area contributed by atoms with Crippen LogP contribution in [0.4, 0.5) is 26.7 Å². The maximum atomic E-state index is 13.8. The fourth-order valence-electron chi connectivity index (χ4n) is 9.31. The zero-order valence-corrected chi connectivity index (χ0v) is 40.7. The lowest BCUT2D eigenvalue weighted by atomic mass is 9.85. The van der Waals surface area contributed by atoms with Crippen LogP contribution in [0.2, 0.25) is 0 Å². The molecule has 0 bridgehead atoms. The second kappa shape index (κ2) is 20.4. The number of ether oxygens (including phenoxy) is 2. The molecule has 3 aliphatic rings. The van der Waals surface area contributed by atoms with Crippen molar-refractivity contribution in [1.82, 2.24) is 20.4 Å². The summed E-state index contributed by atoms with van der Waals surface area (Å²) < 4.78 is 34.4. The van der Waals surface area contributed by atoms with E-state index in [0.717, 1.165) is 29.7 Å². The molecule has 17 nitrogen and oxygen atoms in total. The Morgan fingerprint density at radius 2 is 0.955 bits per heavy atom. The maximum absolute atomic E-state index is 13.8. The Bertz CT molecular complexity index is 2280. The van der Waals surface area contributed by atoms with Crippen LogP contribution in [0.15, 0.2) is 77.7 Å². The van der Waals surface area contributed by atoms with Crippen molar-refractivity contribution >= 4 is 62.7 Å². The number of rotatable bonds is 12. The number of nitrogens with one attached hydrogen (secondary N) is 4. The molecule has 0 unspecified atom stereocenters. The number of methoxy groups -OCH3 is 2. The van der Waals surface area contributed by atoms with Gasteiger partial charge in [0.25, 0.3) is 0 Å². The number of benzene rings is 3. The number of likely N-dealkylation sites (tertiary alicyclic amines) is 2. The lowest BCUT2D eigenvalue weighted by molar-refractivity contribution is -0.140. The molecule has 67 heavy (non-hydrogen) atoms. The molecule has 0 radical (unpaired) electrons. The van der Waals surface area contributed by atoms with Crippen molar-refractivity contribution in [3.63, 3.8) is 0 Å². The standard InChI is InChI=1S/C49H65N7O10S/c1-48(2,3)40(52-46(61)65-7)44(59)54-28-10-12-38(54)42(57)50-32-18-14-30(15-19-32)36-26-27-37(56(36)34-22-24-35(25-23-34)67(9,63)64)31-16-20-33(21-17-31)51-43(58)39-13-11-29-55(39)45(60)41(49(4,5)6)53-47(62)66-8/h14-25,36-41H,10-13,26-29H2,1-9H3,(H,50,57)(H,51,58)(H,52,61)(H,53,62)/t36-,37-,38-,39-,40+,41+/m0/s1. The number of amides is 6. The van der Waals surface area contributed by atoms with Crippen molar-refractivity contribution in [3.8, 4) is 0 Å². The number of nitrogens with zero attached hydrogens (tertiary/aromatic N) is 3. The predicted octanol–water partition coefficient (Wildman–Crippen LogP) is 6.57. The SMILES string of the molecule is COC(=O)N[C@H](C(=O)N1CCC[C@H]1C(=O)Nc1ccc([C@@H]2CC[C@@H](c3ccc(NC(=O)[C@@H]4CCCN4C(=O)[C@@H](NC(=O)OC)C(C)(C)C)cc3)N2c2ccc(S(C)(=O)=O)cc2)cc1)C(C)(C)C. The van der Waals surface area contributed by atoms with Crippen LogP contribution in [0.1, 0.15) is 103 Å². The zero-order valence-electron chi connectivity index (χ0n) is 39.9. The number of hydrogen-bond donors (Lipinski definition) is 4. The smallest absolute Gasteiger partial charge is 0.407 e. The van der Waals surface area contributed by atoms with Crippen molar-refractivity contribution in [2.45, 2.75) is 121 Å². The van der Waals surface area contributed by atoms with Crippen LogP contribution in [0, 0.1) is 10.8 Å². The Morgan fingerprint density at radius 1 is 0.582 bits per heavy atom. The number of anilines is 3. The highest BCUT2D eigenvalue weighted by Gasteiger charge is 2.44. The van der Waals surface area contributed by atoms with Gasteiger partial charge in [0.15, 0.2) is 9.84 Å². The summed E-state index contributed by atoms with van der Waals surface area (Å²) in [6.45, 7) is 11.8. The third-order valence-electron chi connectivity index (χ3n) is 12.9. The van der Waals surface area contributed by atoms with Gasteiger partial charge in [-0.1, -0.05) is 65.8 Å². The summed E-state index contributed by atoms with van der Waals surface area (Å²) >= 11 is 0. The molecule has 0 aliphatic carbocycles. The van der Waals surface area contributed by atoms with E-state index >= 15 is 0 Å². The lowest BCUT2D eigenvalue weighted by Crippen LogP contribution is -2.57. The van der Waals surface area contributed by atoms with Gasteiger partial charge < -0.3 is 45.4 Å². The molecule has 0 aromatic heterocycles. The van der Waals surface area contributed by atoms with Crippen molar-refractivity contribution in [3.05, 3.63) is 83.9 Å². The molecule has 6 atom stereocenters. The molecule has 3 aromatic rings. The second-order valence-corrected chi connectivity index (χ2v) is 21.8.